The van der Waals surface area contributed by atoms with Crippen LogP contribution in [0.3, 0.4) is 0 Å². The second kappa shape index (κ2) is 5.31. The fourth-order valence-electron chi connectivity index (χ4n) is 1.47. The van der Waals surface area contributed by atoms with Crippen molar-refractivity contribution >= 4 is 5.95 Å². The van der Waals surface area contributed by atoms with Crippen molar-refractivity contribution < 1.29 is 9.13 Å². The van der Waals surface area contributed by atoms with Crippen LogP contribution in [-0.2, 0) is 0 Å². The van der Waals surface area contributed by atoms with Gasteiger partial charge in [-0.15, -0.1) is 0 Å². The number of anilines is 1. The molecule has 0 fully saturated rings. The lowest BCUT2D eigenvalue weighted by molar-refractivity contribution is 0.457. The molecule has 1 aromatic carbocycles. The van der Waals surface area contributed by atoms with Crippen LogP contribution in [-0.4, -0.2) is 17.0 Å². The molecule has 6 heteroatoms. The van der Waals surface area contributed by atoms with E-state index in [2.05, 4.69) is 15.3 Å². The summed E-state index contributed by atoms with van der Waals surface area (Å²) in [5.74, 6) is 0.376. The molecule has 0 aliphatic rings. The molecule has 0 unspecified atom stereocenters. The van der Waals surface area contributed by atoms with Crippen LogP contribution in [0.5, 0.6) is 11.6 Å². The Balaban J connectivity index is 2.28. The molecule has 1 heterocycles. The second-order valence-electron chi connectivity index (χ2n) is 3.78. The van der Waals surface area contributed by atoms with Crippen LogP contribution in [0.2, 0.25) is 0 Å². The average molecular weight is 258 g/mol. The number of hydrogen-bond donors (Lipinski definition) is 1. The van der Waals surface area contributed by atoms with Crippen molar-refractivity contribution in [2.45, 2.75) is 6.92 Å². The maximum atomic E-state index is 13.4. The molecule has 96 valence electrons. The van der Waals surface area contributed by atoms with Crippen molar-refractivity contribution in [1.29, 1.82) is 5.26 Å². The summed E-state index contributed by atoms with van der Waals surface area (Å²) in [6, 6.07) is 7.40. The van der Waals surface area contributed by atoms with Crippen LogP contribution in [0, 0.1) is 24.1 Å². The third-order valence-electron chi connectivity index (χ3n) is 2.34. The summed E-state index contributed by atoms with van der Waals surface area (Å²) in [5.41, 5.74) is 0.700. The van der Waals surface area contributed by atoms with Crippen LogP contribution < -0.4 is 10.1 Å². The van der Waals surface area contributed by atoms with Crippen LogP contribution in [0.4, 0.5) is 10.3 Å². The fourth-order valence-corrected chi connectivity index (χ4v) is 1.47. The minimum atomic E-state index is -0.625. The van der Waals surface area contributed by atoms with Gasteiger partial charge in [-0.25, -0.2) is 9.37 Å². The van der Waals surface area contributed by atoms with Gasteiger partial charge in [0.15, 0.2) is 0 Å². The van der Waals surface area contributed by atoms with Gasteiger partial charge in [-0.2, -0.15) is 10.2 Å². The van der Waals surface area contributed by atoms with Crippen molar-refractivity contribution in [3.8, 4) is 17.7 Å². The van der Waals surface area contributed by atoms with E-state index in [4.69, 9.17) is 10.00 Å². The topological polar surface area (TPSA) is 70.8 Å². The van der Waals surface area contributed by atoms with Crippen molar-refractivity contribution in [2.75, 3.05) is 12.4 Å². The summed E-state index contributed by atoms with van der Waals surface area (Å²) in [6.07, 6.45) is 0. The molecule has 5 nitrogen and oxygen atoms in total. The fraction of sp³-hybridized carbons (Fsp3) is 0.154. The number of aryl methyl sites for hydroxylation is 1. The van der Waals surface area contributed by atoms with Crippen molar-refractivity contribution in [1.82, 2.24) is 9.97 Å². The van der Waals surface area contributed by atoms with Crippen molar-refractivity contribution in [3.05, 3.63) is 41.3 Å². The third-order valence-corrected chi connectivity index (χ3v) is 2.34. The van der Waals surface area contributed by atoms with E-state index < -0.39 is 5.82 Å². The summed E-state index contributed by atoms with van der Waals surface area (Å²) in [6.45, 7) is 1.80. The van der Waals surface area contributed by atoms with Crippen molar-refractivity contribution in [3.63, 3.8) is 0 Å². The van der Waals surface area contributed by atoms with E-state index >= 15 is 0 Å². The van der Waals surface area contributed by atoms with Gasteiger partial charge in [0.2, 0.25) is 11.8 Å². The minimum Gasteiger partial charge on any atom is -0.439 e. The van der Waals surface area contributed by atoms with Gasteiger partial charge in [0.05, 0.1) is 5.56 Å². The molecule has 0 bridgehead atoms. The Morgan fingerprint density at radius 1 is 1.32 bits per heavy atom. The highest BCUT2D eigenvalue weighted by Gasteiger charge is 2.07. The van der Waals surface area contributed by atoms with E-state index in [1.807, 2.05) is 0 Å². The van der Waals surface area contributed by atoms with Crippen LogP contribution in [0.15, 0.2) is 24.3 Å². The summed E-state index contributed by atoms with van der Waals surface area (Å²) >= 11 is 0. The average Bonchev–Trinajstić information content (AvgIpc) is 2.38. The van der Waals surface area contributed by atoms with E-state index in [-0.39, 0.29) is 11.3 Å². The molecule has 0 radical (unpaired) electrons. The van der Waals surface area contributed by atoms with Crippen molar-refractivity contribution in [2.24, 2.45) is 0 Å². The number of nitrogens with zero attached hydrogens (tertiary/aromatic N) is 3. The lowest BCUT2D eigenvalue weighted by atomic mass is 10.2. The highest BCUT2D eigenvalue weighted by atomic mass is 19.1. The monoisotopic (exact) mass is 258 g/mol. The zero-order valence-corrected chi connectivity index (χ0v) is 10.4. The third kappa shape index (κ3) is 2.96. The Labute approximate surface area is 109 Å². The maximum Gasteiger partial charge on any atom is 0.225 e. The molecule has 0 amide bonds. The standard InChI is InChI=1S/C13H11FN4O/c1-8-5-12(18-13(16-2)17-8)19-10-4-3-9(7-15)11(14)6-10/h3-6H,1-2H3,(H,16,17,18). The molecular formula is C13H11FN4O. The summed E-state index contributed by atoms with van der Waals surface area (Å²) < 4.78 is 18.9. The molecule has 0 aliphatic carbocycles. The predicted molar refractivity (Wildman–Crippen MR) is 67.5 cm³/mol. The second-order valence-corrected chi connectivity index (χ2v) is 3.78. The quantitative estimate of drug-likeness (QED) is 0.916. The lowest BCUT2D eigenvalue weighted by Gasteiger charge is -2.07. The van der Waals surface area contributed by atoms with E-state index in [9.17, 15) is 4.39 Å². The molecular weight excluding hydrogens is 247 g/mol. The molecule has 2 rings (SSSR count). The first-order valence-corrected chi connectivity index (χ1v) is 5.53. The Bertz CT molecular complexity index is 652. The smallest absolute Gasteiger partial charge is 0.225 e. The zero-order chi connectivity index (χ0) is 13.8. The van der Waals surface area contributed by atoms with Gasteiger partial charge in [-0.3, -0.25) is 0 Å². The molecule has 0 spiro atoms. The lowest BCUT2D eigenvalue weighted by Crippen LogP contribution is -1.99. The molecule has 19 heavy (non-hydrogen) atoms. The molecule has 0 atom stereocenters. The number of nitriles is 1. The Morgan fingerprint density at radius 3 is 2.74 bits per heavy atom. The number of nitrogens with one attached hydrogen (secondary N) is 1. The SMILES string of the molecule is CNc1nc(C)cc(Oc2ccc(C#N)c(F)c2)n1. The van der Waals surface area contributed by atoms with Gasteiger partial charge >= 0.3 is 0 Å². The number of ether oxygens (including phenoxy) is 1. The first-order valence-electron chi connectivity index (χ1n) is 5.53. The first-order chi connectivity index (χ1) is 9.12. The van der Waals surface area contributed by atoms with Gasteiger partial charge in [-0.05, 0) is 19.1 Å². The van der Waals surface area contributed by atoms with Crippen LogP contribution in [0.1, 0.15) is 11.3 Å². The Morgan fingerprint density at radius 2 is 2.11 bits per heavy atom. The van der Waals surface area contributed by atoms with Gasteiger partial charge in [0.25, 0.3) is 0 Å². The number of halogens is 1. The molecule has 0 saturated carbocycles. The van der Waals surface area contributed by atoms with Crippen LogP contribution >= 0.6 is 0 Å². The molecule has 1 N–H and O–H groups in total. The van der Waals surface area contributed by atoms with Gasteiger partial charge in [-0.1, -0.05) is 0 Å². The molecule has 0 aliphatic heterocycles. The van der Waals surface area contributed by atoms with Gasteiger partial charge in [0.1, 0.15) is 17.6 Å². The number of hydrogen-bond acceptors (Lipinski definition) is 5. The highest BCUT2D eigenvalue weighted by molar-refractivity contribution is 5.38. The normalized spacial score (nSPS) is 9.79. The number of aromatic nitrogens is 2. The number of rotatable bonds is 3. The summed E-state index contributed by atoms with van der Waals surface area (Å²) in [4.78, 5) is 8.21. The summed E-state index contributed by atoms with van der Waals surface area (Å²) in [5, 5.41) is 11.4. The van der Waals surface area contributed by atoms with Gasteiger partial charge < -0.3 is 10.1 Å². The first kappa shape index (κ1) is 12.8. The van der Waals surface area contributed by atoms with Crippen LogP contribution in [0.25, 0.3) is 0 Å². The Hall–Kier alpha value is -2.68. The highest BCUT2D eigenvalue weighted by Crippen LogP contribution is 2.23. The zero-order valence-electron chi connectivity index (χ0n) is 10.4. The van der Waals surface area contributed by atoms with E-state index in [1.165, 1.54) is 12.1 Å². The predicted octanol–water partition coefficient (Wildman–Crippen LogP) is 2.63. The molecule has 2 aromatic rings. The van der Waals surface area contributed by atoms with E-state index in [0.717, 1.165) is 11.8 Å². The molecule has 1 aromatic heterocycles. The molecule has 0 saturated heterocycles. The Kier molecular flexibility index (Phi) is 3.57. The van der Waals surface area contributed by atoms with E-state index in [0.29, 0.717) is 11.8 Å². The van der Waals surface area contributed by atoms with Gasteiger partial charge in [0, 0.05) is 24.9 Å². The number of benzene rings is 1. The van der Waals surface area contributed by atoms with E-state index in [1.54, 1.807) is 26.1 Å². The maximum absolute atomic E-state index is 13.4. The minimum absolute atomic E-state index is 0.0258. The largest absolute Gasteiger partial charge is 0.439 e. The summed E-state index contributed by atoms with van der Waals surface area (Å²) in [7, 11) is 1.69.